The van der Waals surface area contributed by atoms with Crippen molar-refractivity contribution >= 4 is 17.3 Å². The summed E-state index contributed by atoms with van der Waals surface area (Å²) >= 11 is 0. The van der Waals surface area contributed by atoms with Crippen molar-refractivity contribution in [1.29, 1.82) is 0 Å². The lowest BCUT2D eigenvalue weighted by Crippen LogP contribution is -2.08. The fraction of sp³-hybridized carbons (Fsp3) is 0.267. The van der Waals surface area contributed by atoms with E-state index in [1.807, 2.05) is 32.0 Å². The molecule has 0 bridgehead atoms. The van der Waals surface area contributed by atoms with E-state index in [2.05, 4.69) is 15.6 Å². The van der Waals surface area contributed by atoms with Crippen LogP contribution in [-0.2, 0) is 6.18 Å². The highest BCUT2D eigenvalue weighted by Crippen LogP contribution is 2.33. The third-order valence-electron chi connectivity index (χ3n) is 3.28. The van der Waals surface area contributed by atoms with Crippen molar-refractivity contribution in [3.63, 3.8) is 0 Å². The number of aryl methyl sites for hydroxylation is 1. The Balaban J connectivity index is 2.42. The molecule has 0 atom stereocenters. The molecule has 2 rings (SSSR count). The van der Waals surface area contributed by atoms with Gasteiger partial charge < -0.3 is 10.6 Å². The largest absolute Gasteiger partial charge is 0.416 e. The first-order valence-corrected chi connectivity index (χ1v) is 6.41. The predicted octanol–water partition coefficient (Wildman–Crippen LogP) is 4.50. The van der Waals surface area contributed by atoms with E-state index < -0.39 is 11.7 Å². The summed E-state index contributed by atoms with van der Waals surface area (Å²) in [5, 5.41) is 5.59. The molecule has 1 aromatic carbocycles. The highest BCUT2D eigenvalue weighted by molar-refractivity contribution is 5.64. The number of nitrogens with one attached hydrogen (secondary N) is 2. The number of anilines is 3. The fourth-order valence-corrected chi connectivity index (χ4v) is 1.91. The Bertz CT molecular complexity index is 651. The number of nitrogens with zero attached hydrogens (tertiary/aromatic N) is 1. The zero-order valence-electron chi connectivity index (χ0n) is 12.0. The lowest BCUT2D eigenvalue weighted by atomic mass is 10.1. The summed E-state index contributed by atoms with van der Waals surface area (Å²) in [6.45, 7) is 3.85. The Labute approximate surface area is 121 Å². The summed E-state index contributed by atoms with van der Waals surface area (Å²) in [5.41, 5.74) is 2.03. The van der Waals surface area contributed by atoms with Crippen LogP contribution in [0.5, 0.6) is 0 Å². The van der Waals surface area contributed by atoms with Crippen LogP contribution in [0.4, 0.5) is 30.5 Å². The number of alkyl halides is 3. The molecular weight excluding hydrogens is 279 g/mol. The lowest BCUT2D eigenvalue weighted by Gasteiger charge is -2.14. The minimum Gasteiger partial charge on any atom is -0.373 e. The van der Waals surface area contributed by atoms with E-state index in [1.54, 1.807) is 0 Å². The monoisotopic (exact) mass is 295 g/mol. The highest BCUT2D eigenvalue weighted by atomic mass is 19.4. The first kappa shape index (κ1) is 15.2. The van der Waals surface area contributed by atoms with Gasteiger partial charge in [0.1, 0.15) is 11.6 Å². The van der Waals surface area contributed by atoms with Crippen molar-refractivity contribution in [2.45, 2.75) is 20.0 Å². The number of hydrogen-bond donors (Lipinski definition) is 2. The summed E-state index contributed by atoms with van der Waals surface area (Å²) in [7, 11) is 1.53. The number of halogens is 3. The Hall–Kier alpha value is -2.24. The van der Waals surface area contributed by atoms with Gasteiger partial charge in [-0.05, 0) is 43.2 Å². The third-order valence-corrected chi connectivity index (χ3v) is 3.28. The van der Waals surface area contributed by atoms with Crippen LogP contribution in [0.15, 0.2) is 30.3 Å². The first-order chi connectivity index (χ1) is 9.81. The molecule has 6 heteroatoms. The van der Waals surface area contributed by atoms with E-state index in [1.165, 1.54) is 7.05 Å². The fourth-order valence-electron chi connectivity index (χ4n) is 1.91. The number of pyridine rings is 1. The lowest BCUT2D eigenvalue weighted by molar-refractivity contribution is -0.137. The minimum atomic E-state index is -4.41. The first-order valence-electron chi connectivity index (χ1n) is 6.41. The van der Waals surface area contributed by atoms with Gasteiger partial charge in [-0.2, -0.15) is 13.2 Å². The Kier molecular flexibility index (Phi) is 4.06. The van der Waals surface area contributed by atoms with Gasteiger partial charge in [0.2, 0.25) is 0 Å². The quantitative estimate of drug-likeness (QED) is 0.875. The van der Waals surface area contributed by atoms with E-state index in [-0.39, 0.29) is 11.6 Å². The van der Waals surface area contributed by atoms with E-state index in [0.29, 0.717) is 0 Å². The van der Waals surface area contributed by atoms with E-state index in [0.717, 1.165) is 28.9 Å². The number of hydrogen-bond acceptors (Lipinski definition) is 3. The molecule has 1 aromatic heterocycles. The molecule has 0 aliphatic rings. The summed E-state index contributed by atoms with van der Waals surface area (Å²) in [5.74, 6) is 0.320. The smallest absolute Gasteiger partial charge is 0.373 e. The topological polar surface area (TPSA) is 37.0 Å². The maximum Gasteiger partial charge on any atom is 0.416 e. The van der Waals surface area contributed by atoms with E-state index >= 15 is 0 Å². The van der Waals surface area contributed by atoms with Gasteiger partial charge in [-0.15, -0.1) is 0 Å². The van der Waals surface area contributed by atoms with Gasteiger partial charge in [-0.3, -0.25) is 0 Å². The third kappa shape index (κ3) is 3.45. The zero-order valence-corrected chi connectivity index (χ0v) is 12.0. The second-order valence-electron chi connectivity index (χ2n) is 4.75. The van der Waals surface area contributed by atoms with Gasteiger partial charge in [0.05, 0.1) is 5.56 Å². The Morgan fingerprint density at radius 2 is 1.71 bits per heavy atom. The maximum atomic E-state index is 12.9. The molecule has 1 heterocycles. The van der Waals surface area contributed by atoms with Crippen LogP contribution in [0, 0.1) is 13.8 Å². The SMILES string of the molecule is CNc1cc(C(F)(F)F)cc(Nc2cccc(C)c2C)n1. The van der Waals surface area contributed by atoms with Crippen molar-refractivity contribution in [1.82, 2.24) is 4.98 Å². The molecule has 2 N–H and O–H groups in total. The van der Waals surface area contributed by atoms with Crippen LogP contribution in [-0.4, -0.2) is 12.0 Å². The number of rotatable bonds is 3. The van der Waals surface area contributed by atoms with Crippen molar-refractivity contribution < 1.29 is 13.2 Å². The van der Waals surface area contributed by atoms with Gasteiger partial charge in [0.15, 0.2) is 0 Å². The summed E-state index contributed by atoms with van der Waals surface area (Å²) < 4.78 is 38.6. The Morgan fingerprint density at radius 1 is 1.05 bits per heavy atom. The summed E-state index contributed by atoms with van der Waals surface area (Å²) in [4.78, 5) is 4.11. The maximum absolute atomic E-state index is 12.9. The number of benzene rings is 1. The van der Waals surface area contributed by atoms with Crippen LogP contribution < -0.4 is 10.6 Å². The molecular formula is C15H16F3N3. The van der Waals surface area contributed by atoms with Crippen LogP contribution >= 0.6 is 0 Å². The molecule has 0 fully saturated rings. The Morgan fingerprint density at radius 3 is 2.33 bits per heavy atom. The van der Waals surface area contributed by atoms with Crippen LogP contribution in [0.1, 0.15) is 16.7 Å². The van der Waals surface area contributed by atoms with Crippen molar-refractivity contribution in [2.24, 2.45) is 0 Å². The molecule has 112 valence electrons. The molecule has 2 aromatic rings. The van der Waals surface area contributed by atoms with E-state index in [4.69, 9.17) is 0 Å². The van der Waals surface area contributed by atoms with Crippen molar-refractivity contribution in [3.05, 3.63) is 47.0 Å². The number of aromatic nitrogens is 1. The van der Waals surface area contributed by atoms with Crippen LogP contribution in [0.3, 0.4) is 0 Å². The average molecular weight is 295 g/mol. The molecule has 0 unspecified atom stereocenters. The van der Waals surface area contributed by atoms with Crippen LogP contribution in [0.25, 0.3) is 0 Å². The van der Waals surface area contributed by atoms with Gasteiger partial charge in [0, 0.05) is 12.7 Å². The zero-order chi connectivity index (χ0) is 15.6. The molecule has 0 radical (unpaired) electrons. The summed E-state index contributed by atoms with van der Waals surface area (Å²) in [6, 6.07) is 7.58. The normalized spacial score (nSPS) is 11.3. The van der Waals surface area contributed by atoms with Crippen LogP contribution in [0.2, 0.25) is 0 Å². The molecule has 0 amide bonds. The van der Waals surface area contributed by atoms with Gasteiger partial charge in [-0.1, -0.05) is 12.1 Å². The summed E-state index contributed by atoms with van der Waals surface area (Å²) in [6.07, 6.45) is -4.41. The molecule has 0 saturated carbocycles. The molecule has 0 spiro atoms. The predicted molar refractivity (Wildman–Crippen MR) is 78.0 cm³/mol. The second kappa shape index (κ2) is 5.63. The molecule has 21 heavy (non-hydrogen) atoms. The second-order valence-corrected chi connectivity index (χ2v) is 4.75. The molecule has 0 aliphatic heterocycles. The average Bonchev–Trinajstić information content (AvgIpc) is 2.42. The molecule has 0 saturated heterocycles. The van der Waals surface area contributed by atoms with Gasteiger partial charge >= 0.3 is 6.18 Å². The molecule has 3 nitrogen and oxygen atoms in total. The molecule has 0 aliphatic carbocycles. The van der Waals surface area contributed by atoms with Crippen molar-refractivity contribution in [2.75, 3.05) is 17.7 Å². The van der Waals surface area contributed by atoms with E-state index in [9.17, 15) is 13.2 Å². The van der Waals surface area contributed by atoms with Gasteiger partial charge in [0.25, 0.3) is 0 Å². The van der Waals surface area contributed by atoms with Gasteiger partial charge in [-0.25, -0.2) is 4.98 Å². The highest BCUT2D eigenvalue weighted by Gasteiger charge is 2.31. The minimum absolute atomic E-state index is 0.155. The standard InChI is InChI=1S/C15H16F3N3/c1-9-5-4-6-12(10(9)2)20-14-8-11(15(16,17)18)7-13(19-3)21-14/h4-8H,1-3H3,(H2,19,20,21). The van der Waals surface area contributed by atoms with Crippen molar-refractivity contribution in [3.8, 4) is 0 Å².